The summed E-state index contributed by atoms with van der Waals surface area (Å²) >= 11 is 5.94. The summed E-state index contributed by atoms with van der Waals surface area (Å²) in [6.45, 7) is 2.98. The van der Waals surface area contributed by atoms with Gasteiger partial charge in [0.1, 0.15) is 0 Å². The summed E-state index contributed by atoms with van der Waals surface area (Å²) in [4.78, 5) is 15.0. The van der Waals surface area contributed by atoms with Gasteiger partial charge in [-0.25, -0.2) is 0 Å². The van der Waals surface area contributed by atoms with Crippen molar-refractivity contribution < 1.29 is 4.79 Å². The van der Waals surface area contributed by atoms with Crippen LogP contribution >= 0.6 is 11.6 Å². The van der Waals surface area contributed by atoms with Gasteiger partial charge >= 0.3 is 0 Å². The molecule has 2 aliphatic carbocycles. The van der Waals surface area contributed by atoms with Gasteiger partial charge in [-0.05, 0) is 74.7 Å². The van der Waals surface area contributed by atoms with Gasteiger partial charge in [0, 0.05) is 23.5 Å². The van der Waals surface area contributed by atoms with Crippen LogP contribution in [0.15, 0.2) is 24.3 Å². The number of nitrogens with zero attached hydrogens (tertiary/aromatic N) is 1. The molecule has 2 bridgehead atoms. The Morgan fingerprint density at radius 2 is 1.83 bits per heavy atom. The molecule has 1 heterocycles. The maximum absolute atomic E-state index is 12.6. The molecule has 3 aliphatic rings. The normalized spacial score (nSPS) is 30.6. The standard InChI is InChI=1S/C20H27ClN2O/c21-18-5-2-14(3-6-18)13-23-9-7-16(8-10-23)20(24)22-19-12-15-1-4-17(19)11-15/h2-3,5-6,15-17,19H,1,4,7-13H2,(H,22,24)/t15-,17-,19-/m0/s1. The summed E-state index contributed by atoms with van der Waals surface area (Å²) in [6.07, 6.45) is 7.27. The monoisotopic (exact) mass is 346 g/mol. The number of carbonyl (C=O) groups is 1. The maximum Gasteiger partial charge on any atom is 0.223 e. The smallest absolute Gasteiger partial charge is 0.223 e. The maximum atomic E-state index is 12.6. The summed E-state index contributed by atoms with van der Waals surface area (Å²) in [5.41, 5.74) is 1.30. The first-order valence-electron chi connectivity index (χ1n) is 9.44. The minimum atomic E-state index is 0.214. The van der Waals surface area contributed by atoms with Crippen LogP contribution in [-0.2, 0) is 11.3 Å². The third kappa shape index (κ3) is 3.62. The van der Waals surface area contributed by atoms with E-state index >= 15 is 0 Å². The van der Waals surface area contributed by atoms with Crippen LogP contribution in [0.3, 0.4) is 0 Å². The lowest BCUT2D eigenvalue weighted by atomic mass is 9.92. The van der Waals surface area contributed by atoms with E-state index in [9.17, 15) is 4.79 Å². The molecule has 4 rings (SSSR count). The van der Waals surface area contributed by atoms with Crippen LogP contribution in [0.4, 0.5) is 0 Å². The molecule has 1 saturated heterocycles. The molecule has 0 radical (unpaired) electrons. The molecule has 3 nitrogen and oxygen atoms in total. The van der Waals surface area contributed by atoms with Gasteiger partial charge in [0.2, 0.25) is 5.91 Å². The second kappa shape index (κ2) is 7.05. The Balaban J connectivity index is 1.23. The summed E-state index contributed by atoms with van der Waals surface area (Å²) < 4.78 is 0. The lowest BCUT2D eigenvalue weighted by Gasteiger charge is -2.32. The number of benzene rings is 1. The van der Waals surface area contributed by atoms with Crippen molar-refractivity contribution in [3.8, 4) is 0 Å². The molecular formula is C20H27ClN2O. The molecule has 24 heavy (non-hydrogen) atoms. The van der Waals surface area contributed by atoms with Gasteiger partial charge in [-0.3, -0.25) is 9.69 Å². The zero-order valence-electron chi connectivity index (χ0n) is 14.2. The van der Waals surface area contributed by atoms with Crippen molar-refractivity contribution in [3.63, 3.8) is 0 Å². The first-order valence-corrected chi connectivity index (χ1v) is 9.82. The first kappa shape index (κ1) is 16.4. The third-order valence-corrected chi connectivity index (χ3v) is 6.60. The van der Waals surface area contributed by atoms with E-state index in [-0.39, 0.29) is 5.92 Å². The molecule has 3 fully saturated rings. The van der Waals surface area contributed by atoms with Crippen LogP contribution in [0.2, 0.25) is 5.02 Å². The fourth-order valence-corrected chi connectivity index (χ4v) is 5.05. The molecule has 3 atom stereocenters. The van der Waals surface area contributed by atoms with E-state index in [1.54, 1.807) is 0 Å². The molecule has 0 spiro atoms. The average Bonchev–Trinajstić information content (AvgIpc) is 3.20. The van der Waals surface area contributed by atoms with Crippen molar-refractivity contribution in [1.82, 2.24) is 10.2 Å². The van der Waals surface area contributed by atoms with Crippen molar-refractivity contribution in [2.24, 2.45) is 17.8 Å². The Bertz CT molecular complexity index is 580. The van der Waals surface area contributed by atoms with Crippen LogP contribution in [0.5, 0.6) is 0 Å². The molecule has 0 unspecified atom stereocenters. The molecule has 1 amide bonds. The van der Waals surface area contributed by atoms with E-state index in [2.05, 4.69) is 22.3 Å². The minimum absolute atomic E-state index is 0.214. The molecule has 1 aliphatic heterocycles. The lowest BCUT2D eigenvalue weighted by Crippen LogP contribution is -2.45. The number of amides is 1. The molecule has 1 aromatic carbocycles. The Labute approximate surface area is 149 Å². The Morgan fingerprint density at radius 1 is 1.08 bits per heavy atom. The van der Waals surface area contributed by atoms with Crippen LogP contribution in [-0.4, -0.2) is 29.9 Å². The van der Waals surface area contributed by atoms with Crippen molar-refractivity contribution in [2.75, 3.05) is 13.1 Å². The van der Waals surface area contributed by atoms with E-state index in [4.69, 9.17) is 11.6 Å². The highest BCUT2D eigenvalue weighted by atomic mass is 35.5. The molecule has 1 aromatic rings. The molecule has 130 valence electrons. The number of piperidine rings is 1. The predicted molar refractivity (Wildman–Crippen MR) is 96.8 cm³/mol. The van der Waals surface area contributed by atoms with Gasteiger partial charge in [-0.2, -0.15) is 0 Å². The minimum Gasteiger partial charge on any atom is -0.353 e. The number of carbonyl (C=O) groups excluding carboxylic acids is 1. The highest BCUT2D eigenvalue weighted by molar-refractivity contribution is 6.30. The average molecular weight is 347 g/mol. The number of likely N-dealkylation sites (tertiary alicyclic amines) is 1. The van der Waals surface area contributed by atoms with Gasteiger partial charge in [0.15, 0.2) is 0 Å². The second-order valence-electron chi connectivity index (χ2n) is 7.97. The Kier molecular flexibility index (Phi) is 4.82. The topological polar surface area (TPSA) is 32.3 Å². The number of halogens is 1. The SMILES string of the molecule is O=C(N[C@H]1C[C@H]2CC[C@H]1C2)C1CCN(Cc2ccc(Cl)cc2)CC1. The summed E-state index contributed by atoms with van der Waals surface area (Å²) in [5, 5.41) is 4.17. The number of hydrogen-bond donors (Lipinski definition) is 1. The van der Waals surface area contributed by atoms with Gasteiger partial charge in [-0.1, -0.05) is 30.2 Å². The van der Waals surface area contributed by atoms with Gasteiger partial charge in [-0.15, -0.1) is 0 Å². The molecule has 0 aromatic heterocycles. The van der Waals surface area contributed by atoms with Gasteiger partial charge < -0.3 is 5.32 Å². The fraction of sp³-hybridized carbons (Fsp3) is 0.650. The number of rotatable bonds is 4. The zero-order valence-corrected chi connectivity index (χ0v) is 15.0. The van der Waals surface area contributed by atoms with Gasteiger partial charge in [0.05, 0.1) is 0 Å². The van der Waals surface area contributed by atoms with E-state index in [0.717, 1.165) is 49.3 Å². The van der Waals surface area contributed by atoms with Crippen molar-refractivity contribution in [2.45, 2.75) is 51.1 Å². The second-order valence-corrected chi connectivity index (χ2v) is 8.40. The van der Waals surface area contributed by atoms with E-state index in [0.29, 0.717) is 11.9 Å². The van der Waals surface area contributed by atoms with E-state index in [1.165, 1.54) is 31.2 Å². The quantitative estimate of drug-likeness (QED) is 0.897. The number of hydrogen-bond acceptors (Lipinski definition) is 2. The van der Waals surface area contributed by atoms with Crippen molar-refractivity contribution in [1.29, 1.82) is 0 Å². The predicted octanol–water partition coefficient (Wildman–Crippen LogP) is 3.86. The third-order valence-electron chi connectivity index (χ3n) is 6.34. The summed E-state index contributed by atoms with van der Waals surface area (Å²) in [7, 11) is 0. The Hall–Kier alpha value is -1.06. The largest absolute Gasteiger partial charge is 0.353 e. The molecular weight excluding hydrogens is 320 g/mol. The van der Waals surface area contributed by atoms with Crippen LogP contribution in [0, 0.1) is 17.8 Å². The van der Waals surface area contributed by atoms with E-state index < -0.39 is 0 Å². The number of fused-ring (bicyclic) bond motifs is 2. The van der Waals surface area contributed by atoms with Gasteiger partial charge in [0.25, 0.3) is 0 Å². The van der Waals surface area contributed by atoms with Crippen LogP contribution < -0.4 is 5.32 Å². The Morgan fingerprint density at radius 3 is 2.46 bits per heavy atom. The first-order chi connectivity index (χ1) is 11.7. The summed E-state index contributed by atoms with van der Waals surface area (Å²) in [6, 6.07) is 8.56. The zero-order chi connectivity index (χ0) is 16.5. The fourth-order valence-electron chi connectivity index (χ4n) is 4.92. The summed E-state index contributed by atoms with van der Waals surface area (Å²) in [5.74, 6) is 2.19. The highest BCUT2D eigenvalue weighted by Gasteiger charge is 2.40. The van der Waals surface area contributed by atoms with Crippen LogP contribution in [0.1, 0.15) is 44.1 Å². The molecule has 1 N–H and O–H groups in total. The van der Waals surface area contributed by atoms with Crippen molar-refractivity contribution in [3.05, 3.63) is 34.9 Å². The lowest BCUT2D eigenvalue weighted by molar-refractivity contribution is -0.127. The van der Waals surface area contributed by atoms with E-state index in [1.807, 2.05) is 12.1 Å². The number of nitrogens with one attached hydrogen (secondary N) is 1. The molecule has 4 heteroatoms. The van der Waals surface area contributed by atoms with Crippen LogP contribution in [0.25, 0.3) is 0 Å². The van der Waals surface area contributed by atoms with Crippen molar-refractivity contribution >= 4 is 17.5 Å². The highest BCUT2D eigenvalue weighted by Crippen LogP contribution is 2.44. The molecule has 2 saturated carbocycles.